The second-order valence-corrected chi connectivity index (χ2v) is 7.80. The van der Waals surface area contributed by atoms with Crippen molar-refractivity contribution in [1.82, 2.24) is 0 Å². The monoisotopic (exact) mass is 434 g/mol. The van der Waals surface area contributed by atoms with Gasteiger partial charge in [0.05, 0.1) is 26.4 Å². The third-order valence-electron chi connectivity index (χ3n) is 5.46. The van der Waals surface area contributed by atoms with Gasteiger partial charge >= 0.3 is 0 Å². The molecule has 4 rings (SSSR count). The molecule has 3 aromatic carbocycles. The van der Waals surface area contributed by atoms with Crippen LogP contribution in [0, 0.1) is 0 Å². The van der Waals surface area contributed by atoms with E-state index < -0.39 is 6.29 Å². The van der Waals surface area contributed by atoms with Crippen molar-refractivity contribution in [2.24, 2.45) is 0 Å². The van der Waals surface area contributed by atoms with Gasteiger partial charge in [0.1, 0.15) is 18.3 Å². The molecular weight excluding hydrogens is 404 g/mol. The maximum Gasteiger partial charge on any atom is 0.186 e. The van der Waals surface area contributed by atoms with Crippen molar-refractivity contribution in [2.75, 3.05) is 13.7 Å². The highest BCUT2D eigenvalue weighted by Crippen LogP contribution is 2.29. The number of hydrogen-bond donors (Lipinski definition) is 0. The van der Waals surface area contributed by atoms with E-state index in [0.29, 0.717) is 26.4 Å². The molecule has 0 aromatic heterocycles. The Labute approximate surface area is 189 Å². The summed E-state index contributed by atoms with van der Waals surface area (Å²) >= 11 is 0. The Hall–Kier alpha value is -2.54. The van der Waals surface area contributed by atoms with Gasteiger partial charge in [0, 0.05) is 7.11 Å². The lowest BCUT2D eigenvalue weighted by Gasteiger charge is -2.24. The number of rotatable bonds is 11. The molecule has 0 amide bonds. The van der Waals surface area contributed by atoms with E-state index in [9.17, 15) is 0 Å². The summed E-state index contributed by atoms with van der Waals surface area (Å²) in [5.41, 5.74) is 3.31. The summed E-state index contributed by atoms with van der Waals surface area (Å²) in [7, 11) is 1.63. The van der Waals surface area contributed by atoms with Crippen LogP contribution in [-0.2, 0) is 43.5 Å². The van der Waals surface area contributed by atoms with Gasteiger partial charge < -0.3 is 23.7 Å². The van der Waals surface area contributed by atoms with Crippen LogP contribution in [0.5, 0.6) is 0 Å². The van der Waals surface area contributed by atoms with E-state index in [1.54, 1.807) is 7.11 Å². The maximum atomic E-state index is 6.33. The first-order valence-electron chi connectivity index (χ1n) is 10.9. The van der Waals surface area contributed by atoms with Crippen molar-refractivity contribution >= 4 is 0 Å². The summed E-state index contributed by atoms with van der Waals surface area (Å²) < 4.78 is 30.3. The van der Waals surface area contributed by atoms with Crippen LogP contribution in [0.15, 0.2) is 91.0 Å². The van der Waals surface area contributed by atoms with E-state index in [1.807, 2.05) is 91.0 Å². The van der Waals surface area contributed by atoms with E-state index in [-0.39, 0.29) is 18.3 Å². The van der Waals surface area contributed by atoms with E-state index in [1.165, 1.54) is 0 Å². The third-order valence-corrected chi connectivity index (χ3v) is 5.46. The standard InChI is InChI=1S/C27H30O5/c1-28-27-26(31-19-23-15-9-4-10-16-23)25(30-18-22-13-7-3-8-14-22)24(32-27)20-29-17-21-11-5-2-6-12-21/h2-16,24-27H,17-20H2,1H3/t24-,25+,26-,27-/m1/s1. The summed E-state index contributed by atoms with van der Waals surface area (Å²) in [6.45, 7) is 1.82. The SMILES string of the molecule is CO[C@@H]1O[C@H](COCc2ccccc2)[C@H](OCc2ccccc2)[C@H]1OCc1ccccc1. The maximum absolute atomic E-state index is 6.33. The zero-order valence-electron chi connectivity index (χ0n) is 18.3. The lowest BCUT2D eigenvalue weighted by Crippen LogP contribution is -2.39. The summed E-state index contributed by atoms with van der Waals surface area (Å²) in [5, 5.41) is 0. The molecule has 0 spiro atoms. The van der Waals surface area contributed by atoms with E-state index in [2.05, 4.69) is 0 Å². The fourth-order valence-corrected chi connectivity index (χ4v) is 3.79. The Morgan fingerprint density at radius 3 is 1.59 bits per heavy atom. The zero-order valence-corrected chi connectivity index (χ0v) is 18.3. The molecule has 1 aliphatic heterocycles. The predicted octanol–water partition coefficient (Wildman–Crippen LogP) is 4.75. The van der Waals surface area contributed by atoms with E-state index >= 15 is 0 Å². The Bertz CT molecular complexity index is 903. The molecule has 0 N–H and O–H groups in total. The summed E-state index contributed by atoms with van der Waals surface area (Å²) in [6.07, 6.45) is -1.51. The van der Waals surface area contributed by atoms with E-state index in [4.69, 9.17) is 23.7 Å². The van der Waals surface area contributed by atoms with Crippen molar-refractivity contribution in [3.8, 4) is 0 Å². The minimum Gasteiger partial charge on any atom is -0.374 e. The van der Waals surface area contributed by atoms with Crippen molar-refractivity contribution in [3.63, 3.8) is 0 Å². The predicted molar refractivity (Wildman–Crippen MR) is 122 cm³/mol. The Balaban J connectivity index is 1.42. The molecule has 1 aliphatic rings. The normalized spacial score (nSPS) is 22.8. The van der Waals surface area contributed by atoms with Crippen LogP contribution in [-0.4, -0.2) is 38.3 Å². The van der Waals surface area contributed by atoms with Gasteiger partial charge in [-0.3, -0.25) is 0 Å². The van der Waals surface area contributed by atoms with Gasteiger partial charge in [-0.2, -0.15) is 0 Å². The molecule has 32 heavy (non-hydrogen) atoms. The molecule has 3 aromatic rings. The molecule has 1 fully saturated rings. The van der Waals surface area contributed by atoms with Gasteiger partial charge in [0.15, 0.2) is 6.29 Å². The third kappa shape index (κ3) is 6.25. The van der Waals surface area contributed by atoms with Crippen LogP contribution in [0.25, 0.3) is 0 Å². The van der Waals surface area contributed by atoms with Gasteiger partial charge in [-0.25, -0.2) is 0 Å². The molecule has 4 atom stereocenters. The molecule has 168 valence electrons. The molecular formula is C27H30O5. The largest absolute Gasteiger partial charge is 0.374 e. The average Bonchev–Trinajstić information content (AvgIpc) is 3.19. The number of benzene rings is 3. The molecule has 0 aliphatic carbocycles. The van der Waals surface area contributed by atoms with Gasteiger partial charge in [0.25, 0.3) is 0 Å². The topological polar surface area (TPSA) is 46.2 Å². The first-order chi connectivity index (χ1) is 15.8. The van der Waals surface area contributed by atoms with Crippen LogP contribution in [0.1, 0.15) is 16.7 Å². The van der Waals surface area contributed by atoms with E-state index in [0.717, 1.165) is 16.7 Å². The first kappa shape index (κ1) is 22.6. The quantitative estimate of drug-likeness (QED) is 0.436. The molecule has 0 radical (unpaired) electrons. The Morgan fingerprint density at radius 1 is 0.625 bits per heavy atom. The number of methoxy groups -OCH3 is 1. The minimum absolute atomic E-state index is 0.298. The second-order valence-electron chi connectivity index (χ2n) is 7.80. The molecule has 5 nitrogen and oxygen atoms in total. The molecule has 1 saturated heterocycles. The summed E-state index contributed by atoms with van der Waals surface area (Å²) in [5.74, 6) is 0. The Morgan fingerprint density at radius 2 is 1.09 bits per heavy atom. The first-order valence-corrected chi connectivity index (χ1v) is 10.9. The zero-order chi connectivity index (χ0) is 22.0. The highest BCUT2D eigenvalue weighted by molar-refractivity contribution is 5.15. The molecule has 0 unspecified atom stereocenters. The van der Waals surface area contributed by atoms with Crippen molar-refractivity contribution in [2.45, 2.75) is 44.4 Å². The lowest BCUT2D eigenvalue weighted by atomic mass is 10.1. The summed E-state index contributed by atoms with van der Waals surface area (Å²) in [4.78, 5) is 0. The Kier molecular flexibility index (Phi) is 8.42. The molecule has 0 saturated carbocycles. The van der Waals surface area contributed by atoms with Crippen molar-refractivity contribution in [3.05, 3.63) is 108 Å². The average molecular weight is 435 g/mol. The van der Waals surface area contributed by atoms with Crippen LogP contribution < -0.4 is 0 Å². The van der Waals surface area contributed by atoms with Gasteiger partial charge in [-0.1, -0.05) is 91.0 Å². The molecule has 5 heteroatoms. The number of hydrogen-bond acceptors (Lipinski definition) is 5. The van der Waals surface area contributed by atoms with Gasteiger partial charge in [-0.15, -0.1) is 0 Å². The highest BCUT2D eigenvalue weighted by Gasteiger charge is 2.46. The number of ether oxygens (including phenoxy) is 5. The van der Waals surface area contributed by atoms with Crippen LogP contribution in [0.3, 0.4) is 0 Å². The fraction of sp³-hybridized carbons (Fsp3) is 0.333. The van der Waals surface area contributed by atoms with Crippen LogP contribution in [0.2, 0.25) is 0 Å². The van der Waals surface area contributed by atoms with Crippen LogP contribution >= 0.6 is 0 Å². The van der Waals surface area contributed by atoms with Crippen LogP contribution in [0.4, 0.5) is 0 Å². The second kappa shape index (κ2) is 11.9. The van der Waals surface area contributed by atoms with Crippen molar-refractivity contribution in [1.29, 1.82) is 0 Å². The summed E-state index contributed by atoms with van der Waals surface area (Å²) in [6, 6.07) is 30.3. The molecule has 0 bridgehead atoms. The van der Waals surface area contributed by atoms with Crippen molar-refractivity contribution < 1.29 is 23.7 Å². The minimum atomic E-state index is -0.523. The fourth-order valence-electron chi connectivity index (χ4n) is 3.79. The van der Waals surface area contributed by atoms with Gasteiger partial charge in [0.2, 0.25) is 0 Å². The van der Waals surface area contributed by atoms with Gasteiger partial charge in [-0.05, 0) is 16.7 Å². The molecule has 1 heterocycles. The smallest absolute Gasteiger partial charge is 0.186 e. The lowest BCUT2D eigenvalue weighted by molar-refractivity contribution is -0.170. The highest BCUT2D eigenvalue weighted by atomic mass is 16.7.